The zero-order valence-electron chi connectivity index (χ0n) is 16.3. The molecule has 0 bridgehead atoms. The van der Waals surface area contributed by atoms with Gasteiger partial charge in [0.15, 0.2) is 12.4 Å². The van der Waals surface area contributed by atoms with Crippen LogP contribution in [0, 0.1) is 0 Å². The van der Waals surface area contributed by atoms with Crippen LogP contribution in [0.25, 0.3) is 20.8 Å². The molecule has 0 saturated carbocycles. The number of ether oxygens (including phenoxy) is 2. The average molecular weight is 417 g/mol. The Balaban J connectivity index is 1.49. The molecule has 6 heteroatoms. The van der Waals surface area contributed by atoms with Gasteiger partial charge in [0.25, 0.3) is 0 Å². The van der Waals surface area contributed by atoms with Gasteiger partial charge in [0, 0.05) is 11.1 Å². The van der Waals surface area contributed by atoms with Crippen molar-refractivity contribution in [2.45, 2.75) is 6.92 Å². The molecule has 0 radical (unpaired) electrons. The van der Waals surface area contributed by atoms with E-state index in [-0.39, 0.29) is 12.4 Å². The van der Waals surface area contributed by atoms with Gasteiger partial charge < -0.3 is 9.47 Å². The number of fused-ring (bicyclic) bond motifs is 1. The Morgan fingerprint density at radius 1 is 0.933 bits per heavy atom. The van der Waals surface area contributed by atoms with Crippen molar-refractivity contribution in [2.24, 2.45) is 0 Å². The van der Waals surface area contributed by atoms with Crippen LogP contribution in [0.15, 0.2) is 72.8 Å². The largest absolute Gasteiger partial charge is 0.494 e. The van der Waals surface area contributed by atoms with Crippen molar-refractivity contribution in [2.75, 3.05) is 13.2 Å². The first-order valence-electron chi connectivity index (χ1n) is 9.54. The van der Waals surface area contributed by atoms with Crippen LogP contribution < -0.4 is 4.74 Å². The molecule has 0 aliphatic carbocycles. The molecule has 0 N–H and O–H groups in total. The standard InChI is InChI=1S/C24H19NO4S/c1-2-28-17-13-11-16(12-14-17)21(26)15-29-24(27)19-8-4-3-7-18(19)23-25-20-9-5-6-10-22(20)30-23/h3-14H,2,15H2,1H3. The molecule has 0 aliphatic heterocycles. The van der Waals surface area contributed by atoms with Crippen LogP contribution in [0.1, 0.15) is 27.6 Å². The number of aromatic nitrogens is 1. The Morgan fingerprint density at radius 3 is 2.43 bits per heavy atom. The van der Waals surface area contributed by atoms with Crippen LogP contribution >= 0.6 is 11.3 Å². The summed E-state index contributed by atoms with van der Waals surface area (Å²) in [5.41, 5.74) is 2.42. The topological polar surface area (TPSA) is 65.5 Å². The molecule has 0 atom stereocenters. The number of Topliss-reactive ketones (excluding diaryl/α,β-unsaturated/α-hetero) is 1. The maximum absolute atomic E-state index is 12.7. The van der Waals surface area contributed by atoms with Crippen LogP contribution in [0.4, 0.5) is 0 Å². The number of nitrogens with zero attached hydrogens (tertiary/aromatic N) is 1. The molecule has 4 rings (SSSR count). The summed E-state index contributed by atoms with van der Waals surface area (Å²) in [4.78, 5) is 29.7. The number of hydrogen-bond donors (Lipinski definition) is 0. The van der Waals surface area contributed by atoms with Crippen molar-refractivity contribution in [3.8, 4) is 16.3 Å². The van der Waals surface area contributed by atoms with E-state index >= 15 is 0 Å². The molecule has 0 unspecified atom stereocenters. The van der Waals surface area contributed by atoms with Gasteiger partial charge in [-0.05, 0) is 49.4 Å². The van der Waals surface area contributed by atoms with E-state index in [9.17, 15) is 9.59 Å². The SMILES string of the molecule is CCOc1ccc(C(=O)COC(=O)c2ccccc2-c2nc3ccccc3s2)cc1. The number of esters is 1. The fraction of sp³-hybridized carbons (Fsp3) is 0.125. The van der Waals surface area contributed by atoms with E-state index in [1.165, 1.54) is 11.3 Å². The van der Waals surface area contributed by atoms with Crippen LogP contribution in [-0.2, 0) is 4.74 Å². The van der Waals surface area contributed by atoms with Crippen LogP contribution in [0.2, 0.25) is 0 Å². The first-order valence-corrected chi connectivity index (χ1v) is 10.4. The number of benzene rings is 3. The summed E-state index contributed by atoms with van der Waals surface area (Å²) in [6, 6.07) is 21.7. The van der Waals surface area contributed by atoms with E-state index in [4.69, 9.17) is 9.47 Å². The van der Waals surface area contributed by atoms with Crippen molar-refractivity contribution >= 4 is 33.3 Å². The molecule has 1 heterocycles. The Hall–Kier alpha value is -3.51. The molecule has 4 aromatic rings. The lowest BCUT2D eigenvalue weighted by Gasteiger charge is -2.08. The van der Waals surface area contributed by atoms with Gasteiger partial charge in [-0.3, -0.25) is 4.79 Å². The fourth-order valence-corrected chi connectivity index (χ4v) is 4.04. The minimum absolute atomic E-state index is 0.274. The normalized spacial score (nSPS) is 10.7. The lowest BCUT2D eigenvalue weighted by atomic mass is 10.1. The number of ketones is 1. The van der Waals surface area contributed by atoms with Crippen LogP contribution in [0.3, 0.4) is 0 Å². The third-order valence-corrected chi connectivity index (χ3v) is 5.56. The molecule has 30 heavy (non-hydrogen) atoms. The monoisotopic (exact) mass is 417 g/mol. The molecule has 150 valence electrons. The number of carbonyl (C=O) groups excluding carboxylic acids is 2. The number of hydrogen-bond acceptors (Lipinski definition) is 6. The third kappa shape index (κ3) is 4.23. The van der Waals surface area contributed by atoms with Crippen molar-refractivity contribution < 1.29 is 19.1 Å². The Kier molecular flexibility index (Phi) is 5.86. The molecule has 0 saturated heterocycles. The summed E-state index contributed by atoms with van der Waals surface area (Å²) in [7, 11) is 0. The van der Waals surface area contributed by atoms with Crippen molar-refractivity contribution in [1.82, 2.24) is 4.98 Å². The Labute approximate surface area is 177 Å². The van der Waals surface area contributed by atoms with Gasteiger partial charge >= 0.3 is 5.97 Å². The highest BCUT2D eigenvalue weighted by molar-refractivity contribution is 7.21. The molecule has 1 aromatic heterocycles. The highest BCUT2D eigenvalue weighted by Crippen LogP contribution is 2.32. The van der Waals surface area contributed by atoms with E-state index < -0.39 is 5.97 Å². The zero-order chi connectivity index (χ0) is 20.9. The molecule has 0 fully saturated rings. The number of thiazole rings is 1. The lowest BCUT2D eigenvalue weighted by Crippen LogP contribution is -2.15. The Morgan fingerprint density at radius 2 is 1.67 bits per heavy atom. The maximum atomic E-state index is 12.7. The second-order valence-corrected chi connectivity index (χ2v) is 7.52. The molecule has 0 amide bonds. The van der Waals surface area contributed by atoms with E-state index in [0.717, 1.165) is 15.2 Å². The number of rotatable bonds is 7. The summed E-state index contributed by atoms with van der Waals surface area (Å²) in [5, 5.41) is 0.738. The van der Waals surface area contributed by atoms with E-state index in [2.05, 4.69) is 4.98 Å². The maximum Gasteiger partial charge on any atom is 0.339 e. The summed E-state index contributed by atoms with van der Waals surface area (Å²) in [6.45, 7) is 2.12. The molecule has 0 spiro atoms. The van der Waals surface area contributed by atoms with Gasteiger partial charge in [-0.25, -0.2) is 9.78 Å². The van der Waals surface area contributed by atoms with E-state index in [0.29, 0.717) is 29.0 Å². The zero-order valence-corrected chi connectivity index (χ0v) is 17.1. The van der Waals surface area contributed by atoms with Gasteiger partial charge in [-0.2, -0.15) is 0 Å². The molecular formula is C24H19NO4S. The first-order chi connectivity index (χ1) is 14.7. The van der Waals surface area contributed by atoms with Gasteiger partial charge in [-0.1, -0.05) is 30.3 Å². The van der Waals surface area contributed by atoms with E-state index in [1.807, 2.05) is 43.3 Å². The van der Waals surface area contributed by atoms with Gasteiger partial charge in [-0.15, -0.1) is 11.3 Å². The minimum Gasteiger partial charge on any atom is -0.494 e. The highest BCUT2D eigenvalue weighted by atomic mass is 32.1. The van der Waals surface area contributed by atoms with Crippen LogP contribution in [0.5, 0.6) is 5.75 Å². The first kappa shape index (κ1) is 19.8. The van der Waals surface area contributed by atoms with Crippen molar-refractivity contribution in [3.63, 3.8) is 0 Å². The molecule has 5 nitrogen and oxygen atoms in total. The summed E-state index contributed by atoms with van der Waals surface area (Å²) in [6.07, 6.45) is 0. The van der Waals surface area contributed by atoms with E-state index in [1.54, 1.807) is 36.4 Å². The molecular weight excluding hydrogens is 398 g/mol. The minimum atomic E-state index is -0.552. The van der Waals surface area contributed by atoms with Gasteiger partial charge in [0.1, 0.15) is 10.8 Å². The van der Waals surface area contributed by atoms with Crippen molar-refractivity contribution in [3.05, 3.63) is 83.9 Å². The predicted octanol–water partition coefficient (Wildman–Crippen LogP) is 5.40. The molecule has 0 aliphatic rings. The highest BCUT2D eigenvalue weighted by Gasteiger charge is 2.18. The average Bonchev–Trinajstić information content (AvgIpc) is 3.22. The third-order valence-electron chi connectivity index (χ3n) is 4.49. The quantitative estimate of drug-likeness (QED) is 0.297. The second kappa shape index (κ2) is 8.88. The summed E-state index contributed by atoms with van der Waals surface area (Å²) >= 11 is 1.51. The number of para-hydroxylation sites is 1. The second-order valence-electron chi connectivity index (χ2n) is 6.49. The number of carbonyl (C=O) groups is 2. The predicted molar refractivity (Wildman–Crippen MR) is 117 cm³/mol. The van der Waals surface area contributed by atoms with Gasteiger partial charge in [0.2, 0.25) is 0 Å². The lowest BCUT2D eigenvalue weighted by molar-refractivity contribution is 0.0475. The summed E-state index contributed by atoms with van der Waals surface area (Å²) < 4.78 is 11.7. The van der Waals surface area contributed by atoms with Gasteiger partial charge in [0.05, 0.1) is 22.4 Å². The summed E-state index contributed by atoms with van der Waals surface area (Å²) in [5.74, 6) is -0.135. The molecule has 3 aromatic carbocycles. The fourth-order valence-electron chi connectivity index (χ4n) is 3.03. The Bertz CT molecular complexity index is 1160. The van der Waals surface area contributed by atoms with Crippen LogP contribution in [-0.4, -0.2) is 30.0 Å². The smallest absolute Gasteiger partial charge is 0.339 e. The van der Waals surface area contributed by atoms with Crippen molar-refractivity contribution in [1.29, 1.82) is 0 Å².